The quantitative estimate of drug-likeness (QED) is 0.455. The molecule has 0 atom stereocenters. The summed E-state index contributed by atoms with van der Waals surface area (Å²) in [6.07, 6.45) is 3.52. The van der Waals surface area contributed by atoms with Crippen molar-refractivity contribution in [2.75, 3.05) is 5.73 Å². The molecule has 6 heteroatoms. The molecule has 0 saturated heterocycles. The van der Waals surface area contributed by atoms with Crippen molar-refractivity contribution in [2.24, 2.45) is 0 Å². The van der Waals surface area contributed by atoms with Crippen LogP contribution in [0.2, 0.25) is 0 Å². The molecule has 29 heavy (non-hydrogen) atoms. The van der Waals surface area contributed by atoms with E-state index in [1.54, 1.807) is 12.4 Å². The smallest absolute Gasteiger partial charge is 0.155 e. The van der Waals surface area contributed by atoms with Crippen LogP contribution in [0, 0.1) is 0 Å². The third-order valence-electron chi connectivity index (χ3n) is 4.64. The fourth-order valence-corrected chi connectivity index (χ4v) is 3.25. The lowest BCUT2D eigenvalue weighted by Gasteiger charge is -2.09. The van der Waals surface area contributed by atoms with Gasteiger partial charge in [0.2, 0.25) is 0 Å². The Morgan fingerprint density at radius 1 is 0.828 bits per heavy atom. The molecule has 5 aromatic rings. The number of nitrogens with one attached hydrogen (secondary N) is 1. The Labute approximate surface area is 167 Å². The SMILES string of the molecule is Nc1n[nH]c2cc(-c3cccnc3)nc(-c3ccc(Oc4ccccc4)cc3)c12. The summed E-state index contributed by atoms with van der Waals surface area (Å²) < 4.78 is 5.89. The van der Waals surface area contributed by atoms with E-state index in [2.05, 4.69) is 15.2 Å². The van der Waals surface area contributed by atoms with Gasteiger partial charge in [0.25, 0.3) is 0 Å². The summed E-state index contributed by atoms with van der Waals surface area (Å²) in [5, 5.41) is 7.95. The molecule has 0 amide bonds. The number of anilines is 1. The number of hydrogen-bond acceptors (Lipinski definition) is 5. The molecule has 0 aliphatic rings. The topological polar surface area (TPSA) is 89.7 Å². The van der Waals surface area contributed by atoms with Gasteiger partial charge in [0, 0.05) is 23.5 Å². The van der Waals surface area contributed by atoms with Crippen LogP contribution in [0.5, 0.6) is 11.5 Å². The number of nitrogens with zero attached hydrogens (tertiary/aromatic N) is 3. The van der Waals surface area contributed by atoms with Gasteiger partial charge < -0.3 is 10.5 Å². The average molecular weight is 379 g/mol. The first-order chi connectivity index (χ1) is 14.3. The Balaban J connectivity index is 1.58. The second-order valence-electron chi connectivity index (χ2n) is 6.57. The number of ether oxygens (including phenoxy) is 1. The van der Waals surface area contributed by atoms with Gasteiger partial charge in [-0.05, 0) is 54.6 Å². The van der Waals surface area contributed by atoms with Gasteiger partial charge in [0.05, 0.1) is 22.3 Å². The van der Waals surface area contributed by atoms with Crippen molar-refractivity contribution in [3.8, 4) is 34.0 Å². The van der Waals surface area contributed by atoms with Crippen LogP contribution in [0.4, 0.5) is 5.82 Å². The number of H-pyrrole nitrogens is 1. The monoisotopic (exact) mass is 379 g/mol. The standard InChI is InChI=1S/C23H17N5O/c24-23-21-20(27-28-23)13-19(16-5-4-12-25-14-16)26-22(21)15-8-10-18(11-9-15)29-17-6-2-1-3-7-17/h1-14H,(H3,24,27,28). The number of nitrogens with two attached hydrogens (primary N) is 1. The number of aromatic nitrogens is 4. The second kappa shape index (κ2) is 7.09. The van der Waals surface area contributed by atoms with E-state index in [1.165, 1.54) is 0 Å². The van der Waals surface area contributed by atoms with E-state index >= 15 is 0 Å². The fourth-order valence-electron chi connectivity index (χ4n) is 3.25. The maximum atomic E-state index is 6.12. The molecule has 3 heterocycles. The van der Waals surface area contributed by atoms with Crippen molar-refractivity contribution in [3.63, 3.8) is 0 Å². The van der Waals surface area contributed by atoms with Crippen molar-refractivity contribution in [1.82, 2.24) is 20.2 Å². The minimum atomic E-state index is 0.421. The molecule has 6 nitrogen and oxygen atoms in total. The molecular weight excluding hydrogens is 362 g/mol. The van der Waals surface area contributed by atoms with E-state index < -0.39 is 0 Å². The van der Waals surface area contributed by atoms with Gasteiger partial charge in [-0.3, -0.25) is 10.1 Å². The van der Waals surface area contributed by atoms with Crippen LogP contribution in [0.25, 0.3) is 33.4 Å². The zero-order valence-corrected chi connectivity index (χ0v) is 15.4. The van der Waals surface area contributed by atoms with E-state index in [0.717, 1.165) is 44.9 Å². The van der Waals surface area contributed by atoms with E-state index in [0.29, 0.717) is 5.82 Å². The largest absolute Gasteiger partial charge is 0.457 e. The van der Waals surface area contributed by atoms with E-state index in [-0.39, 0.29) is 0 Å². The zero-order chi connectivity index (χ0) is 19.6. The van der Waals surface area contributed by atoms with E-state index in [4.69, 9.17) is 15.5 Å². The van der Waals surface area contributed by atoms with Crippen molar-refractivity contribution in [3.05, 3.63) is 85.2 Å². The van der Waals surface area contributed by atoms with Gasteiger partial charge >= 0.3 is 0 Å². The zero-order valence-electron chi connectivity index (χ0n) is 15.4. The third-order valence-corrected chi connectivity index (χ3v) is 4.64. The molecule has 0 unspecified atom stereocenters. The summed E-state index contributed by atoms with van der Waals surface area (Å²) in [7, 11) is 0. The highest BCUT2D eigenvalue weighted by Crippen LogP contribution is 2.34. The lowest BCUT2D eigenvalue weighted by Crippen LogP contribution is -1.93. The van der Waals surface area contributed by atoms with Gasteiger partial charge in [-0.1, -0.05) is 18.2 Å². The fraction of sp³-hybridized carbons (Fsp3) is 0. The van der Waals surface area contributed by atoms with Crippen molar-refractivity contribution in [1.29, 1.82) is 0 Å². The van der Waals surface area contributed by atoms with Gasteiger partial charge in [0.15, 0.2) is 5.82 Å². The molecule has 0 aliphatic carbocycles. The molecule has 0 aliphatic heterocycles. The van der Waals surface area contributed by atoms with Crippen molar-refractivity contribution >= 4 is 16.7 Å². The van der Waals surface area contributed by atoms with Crippen LogP contribution in [-0.2, 0) is 0 Å². The van der Waals surface area contributed by atoms with Crippen molar-refractivity contribution in [2.45, 2.75) is 0 Å². The molecule has 2 aromatic carbocycles. The van der Waals surface area contributed by atoms with Crippen LogP contribution in [0.3, 0.4) is 0 Å². The molecule has 0 fully saturated rings. The Hall–Kier alpha value is -4.19. The maximum Gasteiger partial charge on any atom is 0.155 e. The van der Waals surface area contributed by atoms with Crippen LogP contribution in [0.15, 0.2) is 85.2 Å². The number of fused-ring (bicyclic) bond motifs is 1. The number of aromatic amines is 1. The Morgan fingerprint density at radius 3 is 2.38 bits per heavy atom. The maximum absolute atomic E-state index is 6.12. The summed E-state index contributed by atoms with van der Waals surface area (Å²) in [6, 6.07) is 23.3. The number of nitrogen functional groups attached to an aromatic ring is 1. The molecule has 3 N–H and O–H groups in total. The van der Waals surface area contributed by atoms with Gasteiger partial charge in [-0.15, -0.1) is 0 Å². The van der Waals surface area contributed by atoms with E-state index in [9.17, 15) is 0 Å². The molecule has 0 radical (unpaired) electrons. The molecule has 5 rings (SSSR count). The Bertz CT molecular complexity index is 1270. The highest BCUT2D eigenvalue weighted by molar-refractivity contribution is 6.01. The Morgan fingerprint density at radius 2 is 1.62 bits per heavy atom. The summed E-state index contributed by atoms with van der Waals surface area (Å²) in [5.74, 6) is 1.96. The highest BCUT2D eigenvalue weighted by atomic mass is 16.5. The molecule has 0 bridgehead atoms. The summed E-state index contributed by atoms with van der Waals surface area (Å²) in [6.45, 7) is 0. The molecule has 0 spiro atoms. The first-order valence-electron chi connectivity index (χ1n) is 9.16. The molecule has 0 saturated carbocycles. The number of hydrogen-bond donors (Lipinski definition) is 2. The summed E-state index contributed by atoms with van der Waals surface area (Å²) in [5.41, 5.74) is 10.4. The predicted molar refractivity (Wildman–Crippen MR) is 113 cm³/mol. The van der Waals surface area contributed by atoms with Gasteiger partial charge in [-0.2, -0.15) is 5.10 Å². The van der Waals surface area contributed by atoms with Crippen LogP contribution in [0.1, 0.15) is 0 Å². The van der Waals surface area contributed by atoms with Gasteiger partial charge in [-0.25, -0.2) is 4.98 Å². The predicted octanol–water partition coefficient (Wildman–Crippen LogP) is 5.06. The van der Waals surface area contributed by atoms with Gasteiger partial charge in [0.1, 0.15) is 11.5 Å². The molecule has 140 valence electrons. The minimum Gasteiger partial charge on any atom is -0.457 e. The number of pyridine rings is 2. The minimum absolute atomic E-state index is 0.421. The highest BCUT2D eigenvalue weighted by Gasteiger charge is 2.15. The second-order valence-corrected chi connectivity index (χ2v) is 6.57. The Kier molecular flexibility index (Phi) is 4.14. The van der Waals surface area contributed by atoms with Crippen LogP contribution < -0.4 is 10.5 Å². The molecular formula is C23H17N5O. The van der Waals surface area contributed by atoms with Crippen LogP contribution in [-0.4, -0.2) is 20.2 Å². The lowest BCUT2D eigenvalue weighted by molar-refractivity contribution is 0.483. The summed E-state index contributed by atoms with van der Waals surface area (Å²) in [4.78, 5) is 9.06. The number of rotatable bonds is 4. The molecule has 3 aromatic heterocycles. The first kappa shape index (κ1) is 16.9. The lowest BCUT2D eigenvalue weighted by atomic mass is 10.0. The van der Waals surface area contributed by atoms with Crippen molar-refractivity contribution < 1.29 is 4.74 Å². The number of para-hydroxylation sites is 1. The normalized spacial score (nSPS) is 10.9. The van der Waals surface area contributed by atoms with Crippen LogP contribution >= 0.6 is 0 Å². The van der Waals surface area contributed by atoms with E-state index in [1.807, 2.05) is 72.8 Å². The number of benzene rings is 2. The average Bonchev–Trinajstić information content (AvgIpc) is 3.16. The summed E-state index contributed by atoms with van der Waals surface area (Å²) >= 11 is 0. The first-order valence-corrected chi connectivity index (χ1v) is 9.16. The third kappa shape index (κ3) is 3.27.